The van der Waals surface area contributed by atoms with Crippen molar-refractivity contribution in [3.8, 4) is 0 Å². The number of halogens is 2. The van der Waals surface area contributed by atoms with Crippen LogP contribution in [-0.2, 0) is 4.79 Å². The zero-order valence-corrected chi connectivity index (χ0v) is 13.1. The first kappa shape index (κ1) is 17.0. The normalized spacial score (nSPS) is 10.2. The van der Waals surface area contributed by atoms with Crippen LogP contribution in [0.1, 0.15) is 23.2 Å². The lowest BCUT2D eigenvalue weighted by Gasteiger charge is -2.07. The maximum absolute atomic E-state index is 13.0. The molecule has 2 amide bonds. The van der Waals surface area contributed by atoms with Gasteiger partial charge in [0.05, 0.1) is 0 Å². The third-order valence-electron chi connectivity index (χ3n) is 3.08. The van der Waals surface area contributed by atoms with Gasteiger partial charge in [0, 0.05) is 29.2 Å². The Hall–Kier alpha value is -2.40. The van der Waals surface area contributed by atoms with Crippen LogP contribution >= 0.6 is 11.6 Å². The Morgan fingerprint density at radius 3 is 2.52 bits per heavy atom. The molecule has 6 heteroatoms. The molecule has 0 bridgehead atoms. The van der Waals surface area contributed by atoms with Gasteiger partial charge in [0.15, 0.2) is 0 Å². The zero-order valence-electron chi connectivity index (χ0n) is 12.3. The third-order valence-corrected chi connectivity index (χ3v) is 3.33. The van der Waals surface area contributed by atoms with Gasteiger partial charge in [-0.15, -0.1) is 0 Å². The predicted octanol–water partition coefficient (Wildman–Crippen LogP) is 3.63. The second kappa shape index (κ2) is 8.29. The monoisotopic (exact) mass is 334 g/mol. The molecule has 0 radical (unpaired) electrons. The van der Waals surface area contributed by atoms with E-state index in [4.69, 9.17) is 11.6 Å². The van der Waals surface area contributed by atoms with Crippen molar-refractivity contribution in [3.05, 3.63) is 64.9 Å². The molecule has 0 aliphatic heterocycles. The lowest BCUT2D eigenvalue weighted by atomic mass is 10.2. The SMILES string of the molecule is O=C(CCCNC(=O)c1ccc(Cl)cc1)Nc1cccc(F)c1. The number of amides is 2. The number of anilines is 1. The van der Waals surface area contributed by atoms with Crippen molar-refractivity contribution >= 4 is 29.1 Å². The molecule has 0 spiro atoms. The summed E-state index contributed by atoms with van der Waals surface area (Å²) in [4.78, 5) is 23.5. The summed E-state index contributed by atoms with van der Waals surface area (Å²) in [6.07, 6.45) is 0.720. The molecule has 0 unspecified atom stereocenters. The molecule has 2 aromatic carbocycles. The summed E-state index contributed by atoms with van der Waals surface area (Å²) >= 11 is 5.75. The minimum absolute atomic E-state index is 0.216. The fourth-order valence-corrected chi connectivity index (χ4v) is 2.07. The van der Waals surface area contributed by atoms with Crippen LogP contribution in [0.3, 0.4) is 0 Å². The highest BCUT2D eigenvalue weighted by atomic mass is 35.5. The molecule has 2 aromatic rings. The number of hydrogen-bond acceptors (Lipinski definition) is 2. The summed E-state index contributed by atoms with van der Waals surface area (Å²) < 4.78 is 13.0. The molecule has 0 atom stereocenters. The summed E-state index contributed by atoms with van der Waals surface area (Å²) in [6.45, 7) is 0.373. The van der Waals surface area contributed by atoms with Crippen LogP contribution in [0.4, 0.5) is 10.1 Å². The van der Waals surface area contributed by atoms with Crippen molar-refractivity contribution < 1.29 is 14.0 Å². The molecule has 0 saturated carbocycles. The summed E-state index contributed by atoms with van der Waals surface area (Å²) in [5.41, 5.74) is 0.929. The van der Waals surface area contributed by atoms with Crippen LogP contribution < -0.4 is 10.6 Å². The lowest BCUT2D eigenvalue weighted by molar-refractivity contribution is -0.116. The molecule has 0 aliphatic rings. The van der Waals surface area contributed by atoms with E-state index in [0.717, 1.165) is 0 Å². The van der Waals surface area contributed by atoms with Crippen LogP contribution in [0, 0.1) is 5.82 Å². The standard InChI is InChI=1S/C17H16ClFN2O2/c18-13-8-6-12(7-9-13)17(23)20-10-2-5-16(22)21-15-4-1-3-14(19)11-15/h1,3-4,6-9,11H,2,5,10H2,(H,20,23)(H,21,22). The second-order valence-corrected chi connectivity index (χ2v) is 5.36. The van der Waals surface area contributed by atoms with Crippen LogP contribution in [0.5, 0.6) is 0 Å². The van der Waals surface area contributed by atoms with Gasteiger partial charge in [-0.05, 0) is 48.9 Å². The Bertz CT molecular complexity index is 689. The Morgan fingerprint density at radius 2 is 1.83 bits per heavy atom. The average molecular weight is 335 g/mol. The average Bonchev–Trinajstić information content (AvgIpc) is 2.52. The fraction of sp³-hybridized carbons (Fsp3) is 0.176. The highest BCUT2D eigenvalue weighted by Crippen LogP contribution is 2.10. The Labute approximate surface area is 138 Å². The lowest BCUT2D eigenvalue weighted by Crippen LogP contribution is -2.25. The molecule has 0 saturated heterocycles. The van der Waals surface area contributed by atoms with Crippen molar-refractivity contribution in [1.82, 2.24) is 5.32 Å². The van der Waals surface area contributed by atoms with Crippen molar-refractivity contribution in [2.45, 2.75) is 12.8 Å². The second-order valence-electron chi connectivity index (χ2n) is 4.92. The van der Waals surface area contributed by atoms with E-state index in [1.54, 1.807) is 30.3 Å². The Kier molecular flexibility index (Phi) is 6.11. The largest absolute Gasteiger partial charge is 0.352 e. The summed E-state index contributed by atoms with van der Waals surface area (Å²) in [7, 11) is 0. The summed E-state index contributed by atoms with van der Waals surface area (Å²) in [5, 5.41) is 5.89. The smallest absolute Gasteiger partial charge is 0.251 e. The van der Waals surface area contributed by atoms with Crippen molar-refractivity contribution in [3.63, 3.8) is 0 Å². The van der Waals surface area contributed by atoms with Gasteiger partial charge in [0.2, 0.25) is 5.91 Å². The first-order valence-corrected chi connectivity index (χ1v) is 7.51. The fourth-order valence-electron chi connectivity index (χ4n) is 1.94. The molecule has 0 aliphatic carbocycles. The van der Waals surface area contributed by atoms with Gasteiger partial charge in [-0.25, -0.2) is 4.39 Å². The number of carbonyl (C=O) groups is 2. The molecule has 0 heterocycles. The Balaban J connectivity index is 1.69. The highest BCUT2D eigenvalue weighted by molar-refractivity contribution is 6.30. The van der Waals surface area contributed by atoms with E-state index in [-0.39, 0.29) is 18.2 Å². The quantitative estimate of drug-likeness (QED) is 0.793. The molecule has 2 N–H and O–H groups in total. The van der Waals surface area contributed by atoms with E-state index in [1.165, 1.54) is 18.2 Å². The van der Waals surface area contributed by atoms with E-state index >= 15 is 0 Å². The Morgan fingerprint density at radius 1 is 1.09 bits per heavy atom. The first-order chi connectivity index (χ1) is 11.0. The van der Waals surface area contributed by atoms with E-state index < -0.39 is 5.82 Å². The highest BCUT2D eigenvalue weighted by Gasteiger charge is 2.06. The number of carbonyl (C=O) groups excluding carboxylic acids is 2. The van der Waals surface area contributed by atoms with Gasteiger partial charge in [-0.3, -0.25) is 9.59 Å². The topological polar surface area (TPSA) is 58.2 Å². The van der Waals surface area contributed by atoms with Crippen LogP contribution in [0.2, 0.25) is 5.02 Å². The zero-order chi connectivity index (χ0) is 16.7. The molecule has 23 heavy (non-hydrogen) atoms. The van der Waals surface area contributed by atoms with Gasteiger partial charge < -0.3 is 10.6 Å². The van der Waals surface area contributed by atoms with E-state index in [2.05, 4.69) is 10.6 Å². The first-order valence-electron chi connectivity index (χ1n) is 7.14. The van der Waals surface area contributed by atoms with Gasteiger partial charge in [-0.1, -0.05) is 17.7 Å². The van der Waals surface area contributed by atoms with Crippen molar-refractivity contribution in [1.29, 1.82) is 0 Å². The molecule has 120 valence electrons. The van der Waals surface area contributed by atoms with E-state index in [0.29, 0.717) is 29.2 Å². The van der Waals surface area contributed by atoms with Gasteiger partial charge in [0.1, 0.15) is 5.82 Å². The maximum atomic E-state index is 13.0. The van der Waals surface area contributed by atoms with Crippen LogP contribution in [-0.4, -0.2) is 18.4 Å². The maximum Gasteiger partial charge on any atom is 0.251 e. The van der Waals surface area contributed by atoms with Gasteiger partial charge in [0.25, 0.3) is 5.91 Å². The molecule has 0 aromatic heterocycles. The van der Waals surface area contributed by atoms with E-state index in [9.17, 15) is 14.0 Å². The van der Waals surface area contributed by atoms with Crippen LogP contribution in [0.25, 0.3) is 0 Å². The minimum atomic E-state index is -0.405. The van der Waals surface area contributed by atoms with Crippen molar-refractivity contribution in [2.24, 2.45) is 0 Å². The number of benzene rings is 2. The van der Waals surface area contributed by atoms with Gasteiger partial charge in [-0.2, -0.15) is 0 Å². The number of nitrogens with one attached hydrogen (secondary N) is 2. The summed E-state index contributed by atoms with van der Waals surface area (Å²) in [5.74, 6) is -0.846. The molecule has 0 fully saturated rings. The molecular weight excluding hydrogens is 319 g/mol. The third kappa shape index (κ3) is 5.71. The predicted molar refractivity (Wildman–Crippen MR) is 88.0 cm³/mol. The molecule has 2 rings (SSSR count). The number of hydrogen-bond donors (Lipinski definition) is 2. The molecular formula is C17H16ClFN2O2. The van der Waals surface area contributed by atoms with Crippen LogP contribution in [0.15, 0.2) is 48.5 Å². The van der Waals surface area contributed by atoms with Gasteiger partial charge >= 0.3 is 0 Å². The minimum Gasteiger partial charge on any atom is -0.352 e. The summed E-state index contributed by atoms with van der Waals surface area (Å²) in [6, 6.07) is 12.2. The van der Waals surface area contributed by atoms with Crippen molar-refractivity contribution in [2.75, 3.05) is 11.9 Å². The molecule has 4 nitrogen and oxygen atoms in total. The van der Waals surface area contributed by atoms with E-state index in [1.807, 2.05) is 0 Å². The number of rotatable bonds is 6.